The van der Waals surface area contributed by atoms with Crippen LogP contribution >= 0.6 is 0 Å². The molecule has 0 aromatic heterocycles. The number of rotatable bonds is 3. The molecule has 1 aromatic rings. The minimum atomic E-state index is -4.67. The first-order chi connectivity index (χ1) is 10.7. The molecule has 0 saturated heterocycles. The Morgan fingerprint density at radius 1 is 1.52 bits per heavy atom. The third kappa shape index (κ3) is 3.50. The molecule has 1 N–H and O–H groups in total. The zero-order valence-electron chi connectivity index (χ0n) is 12.6. The van der Waals surface area contributed by atoms with E-state index in [1.54, 1.807) is 6.92 Å². The molecule has 2 rings (SSSR count). The number of amides is 1. The van der Waals surface area contributed by atoms with Crippen LogP contribution < -0.4 is 5.32 Å². The molecular weight excluding hydrogens is 309 g/mol. The molecule has 1 amide bonds. The number of nitrogens with one attached hydrogen (secondary N) is 1. The molecule has 122 valence electrons. The number of azo groups is 1. The van der Waals surface area contributed by atoms with Crippen LogP contribution in [0.25, 0.3) is 0 Å². The lowest BCUT2D eigenvalue weighted by atomic mass is 9.93. The summed E-state index contributed by atoms with van der Waals surface area (Å²) >= 11 is 0. The maximum atomic E-state index is 12.9. The highest BCUT2D eigenvalue weighted by Crippen LogP contribution is 2.34. The van der Waals surface area contributed by atoms with Gasteiger partial charge in [-0.1, -0.05) is 6.92 Å². The topological polar surface area (TPSA) is 77.6 Å². The summed E-state index contributed by atoms with van der Waals surface area (Å²) in [4.78, 5) is 12.3. The Hall–Kier alpha value is -2.43. The third-order valence-electron chi connectivity index (χ3n) is 3.74. The zero-order chi connectivity index (χ0) is 17.3. The van der Waals surface area contributed by atoms with E-state index in [0.29, 0.717) is 6.42 Å². The van der Waals surface area contributed by atoms with Crippen molar-refractivity contribution >= 4 is 11.6 Å². The first-order valence-corrected chi connectivity index (χ1v) is 7.04. The monoisotopic (exact) mass is 324 g/mol. The van der Waals surface area contributed by atoms with Gasteiger partial charge in [-0.2, -0.15) is 28.7 Å². The predicted octanol–water partition coefficient (Wildman–Crippen LogP) is 3.91. The van der Waals surface area contributed by atoms with E-state index in [0.717, 1.165) is 18.6 Å². The van der Waals surface area contributed by atoms with Gasteiger partial charge in [-0.3, -0.25) is 4.79 Å². The smallest absolute Gasteiger partial charge is 0.324 e. The Kier molecular flexibility index (Phi) is 4.41. The van der Waals surface area contributed by atoms with Crippen molar-refractivity contribution in [3.63, 3.8) is 0 Å². The molecule has 5 nitrogen and oxygen atoms in total. The molecule has 1 aromatic carbocycles. The van der Waals surface area contributed by atoms with Crippen molar-refractivity contribution in [2.45, 2.75) is 44.4 Å². The Balaban J connectivity index is 2.23. The Morgan fingerprint density at radius 3 is 2.74 bits per heavy atom. The highest BCUT2D eigenvalue weighted by molar-refractivity contribution is 5.98. The number of carbonyl (C=O) groups is 1. The van der Waals surface area contributed by atoms with Crippen LogP contribution in [0.4, 0.5) is 18.9 Å². The van der Waals surface area contributed by atoms with Gasteiger partial charge in [0.05, 0.1) is 23.2 Å². The van der Waals surface area contributed by atoms with E-state index in [4.69, 9.17) is 5.26 Å². The Labute approximate surface area is 131 Å². The van der Waals surface area contributed by atoms with Gasteiger partial charge in [-0.25, -0.2) is 0 Å². The second-order valence-electron chi connectivity index (χ2n) is 5.58. The molecule has 23 heavy (non-hydrogen) atoms. The predicted molar refractivity (Wildman–Crippen MR) is 76.7 cm³/mol. The van der Waals surface area contributed by atoms with Gasteiger partial charge in [0.2, 0.25) is 0 Å². The SMILES string of the molecule is CCC1CC(C)(C(=O)Nc2ccc(C#N)c(C(F)(F)F)c2)N=N1. The normalized spacial score (nSPS) is 23.6. The number of nitriles is 1. The van der Waals surface area contributed by atoms with Crippen molar-refractivity contribution in [1.82, 2.24) is 0 Å². The van der Waals surface area contributed by atoms with E-state index < -0.39 is 28.7 Å². The van der Waals surface area contributed by atoms with Crippen LogP contribution in [0.5, 0.6) is 0 Å². The van der Waals surface area contributed by atoms with E-state index in [2.05, 4.69) is 15.5 Å². The highest BCUT2D eigenvalue weighted by atomic mass is 19.4. The van der Waals surface area contributed by atoms with E-state index >= 15 is 0 Å². The summed E-state index contributed by atoms with van der Waals surface area (Å²) in [5.41, 5.74) is -2.69. The summed E-state index contributed by atoms with van der Waals surface area (Å²) in [6.45, 7) is 3.51. The molecule has 2 atom stereocenters. The fourth-order valence-electron chi connectivity index (χ4n) is 2.33. The highest BCUT2D eigenvalue weighted by Gasteiger charge is 2.40. The van der Waals surface area contributed by atoms with E-state index in [1.807, 2.05) is 6.92 Å². The maximum absolute atomic E-state index is 12.9. The fraction of sp³-hybridized carbons (Fsp3) is 0.467. The standard InChI is InChI=1S/C15H15F3N4O/c1-3-10-7-14(2,22-21-10)13(23)20-11-5-4-9(8-19)12(6-11)15(16,17)18/h4-6,10H,3,7H2,1-2H3,(H,20,23). The van der Waals surface area contributed by atoms with Gasteiger partial charge >= 0.3 is 6.18 Å². The van der Waals surface area contributed by atoms with Crippen molar-refractivity contribution in [2.75, 3.05) is 5.32 Å². The van der Waals surface area contributed by atoms with Crippen LogP contribution in [0.15, 0.2) is 28.4 Å². The Bertz CT molecular complexity index is 693. The second kappa shape index (κ2) is 5.99. The van der Waals surface area contributed by atoms with Gasteiger partial charge in [0.1, 0.15) is 0 Å². The van der Waals surface area contributed by atoms with E-state index in [1.165, 1.54) is 12.1 Å². The number of anilines is 1. The van der Waals surface area contributed by atoms with Crippen LogP contribution in [0, 0.1) is 11.3 Å². The molecule has 0 fully saturated rings. The van der Waals surface area contributed by atoms with Gasteiger partial charge in [0.15, 0.2) is 5.54 Å². The molecule has 1 heterocycles. The van der Waals surface area contributed by atoms with Gasteiger partial charge in [-0.15, -0.1) is 0 Å². The molecule has 8 heteroatoms. The summed E-state index contributed by atoms with van der Waals surface area (Å²) in [5, 5.41) is 19.1. The number of carbonyl (C=O) groups excluding carboxylic acids is 1. The first-order valence-electron chi connectivity index (χ1n) is 7.04. The quantitative estimate of drug-likeness (QED) is 0.915. The van der Waals surface area contributed by atoms with Crippen LogP contribution in [-0.2, 0) is 11.0 Å². The molecule has 1 aliphatic rings. The number of hydrogen-bond acceptors (Lipinski definition) is 4. The number of nitrogens with zero attached hydrogens (tertiary/aromatic N) is 3. The molecule has 0 bridgehead atoms. The first kappa shape index (κ1) is 16.9. The van der Waals surface area contributed by atoms with Crippen molar-refractivity contribution in [3.05, 3.63) is 29.3 Å². The van der Waals surface area contributed by atoms with Gasteiger partial charge < -0.3 is 5.32 Å². The van der Waals surface area contributed by atoms with Crippen molar-refractivity contribution in [3.8, 4) is 6.07 Å². The summed E-state index contributed by atoms with van der Waals surface area (Å²) in [5.74, 6) is -0.518. The number of halogens is 3. The zero-order valence-corrected chi connectivity index (χ0v) is 12.6. The molecule has 2 unspecified atom stereocenters. The van der Waals surface area contributed by atoms with Crippen LogP contribution in [-0.4, -0.2) is 17.5 Å². The molecule has 0 saturated carbocycles. The van der Waals surface area contributed by atoms with Crippen LogP contribution in [0.2, 0.25) is 0 Å². The van der Waals surface area contributed by atoms with E-state index in [-0.39, 0.29) is 11.7 Å². The lowest BCUT2D eigenvalue weighted by molar-refractivity contribution is -0.137. The maximum Gasteiger partial charge on any atom is 0.417 e. The number of alkyl halides is 3. The number of hydrogen-bond donors (Lipinski definition) is 1. The summed E-state index contributed by atoms with van der Waals surface area (Å²) in [6, 6.07) is 4.48. The van der Waals surface area contributed by atoms with Crippen molar-refractivity contribution in [1.29, 1.82) is 5.26 Å². The Morgan fingerprint density at radius 2 is 2.22 bits per heavy atom. The fourth-order valence-corrected chi connectivity index (χ4v) is 2.33. The molecule has 0 radical (unpaired) electrons. The molecule has 1 aliphatic heterocycles. The number of benzene rings is 1. The average molecular weight is 324 g/mol. The molecule has 0 spiro atoms. The average Bonchev–Trinajstić information content (AvgIpc) is 2.89. The van der Waals surface area contributed by atoms with Crippen LogP contribution in [0.1, 0.15) is 37.8 Å². The summed E-state index contributed by atoms with van der Waals surface area (Å²) in [6.07, 6.45) is -3.52. The molecular formula is C15H15F3N4O. The molecule has 0 aliphatic carbocycles. The minimum absolute atomic E-state index is 0.0299. The second-order valence-corrected chi connectivity index (χ2v) is 5.58. The van der Waals surface area contributed by atoms with Crippen LogP contribution in [0.3, 0.4) is 0 Å². The summed E-state index contributed by atoms with van der Waals surface area (Å²) < 4.78 is 38.8. The minimum Gasteiger partial charge on any atom is -0.324 e. The third-order valence-corrected chi connectivity index (χ3v) is 3.74. The van der Waals surface area contributed by atoms with Gasteiger partial charge in [0.25, 0.3) is 5.91 Å². The lowest BCUT2D eigenvalue weighted by Crippen LogP contribution is -2.37. The summed E-state index contributed by atoms with van der Waals surface area (Å²) in [7, 11) is 0. The van der Waals surface area contributed by atoms with Crippen molar-refractivity contribution < 1.29 is 18.0 Å². The largest absolute Gasteiger partial charge is 0.417 e. The van der Waals surface area contributed by atoms with Gasteiger partial charge in [-0.05, 0) is 31.5 Å². The lowest BCUT2D eigenvalue weighted by Gasteiger charge is -2.19. The van der Waals surface area contributed by atoms with E-state index in [9.17, 15) is 18.0 Å². The van der Waals surface area contributed by atoms with Crippen molar-refractivity contribution in [2.24, 2.45) is 10.2 Å². The van der Waals surface area contributed by atoms with Gasteiger partial charge in [0, 0.05) is 12.1 Å².